The maximum Gasteiger partial charge on any atom is 0.0110 e. The molecule has 0 spiro atoms. The van der Waals surface area contributed by atoms with E-state index in [0.717, 1.165) is 25.7 Å². The number of aryl methyl sites for hydroxylation is 1. The average molecular weight is 809 g/mol. The van der Waals surface area contributed by atoms with Crippen LogP contribution in [0.3, 0.4) is 0 Å². The summed E-state index contributed by atoms with van der Waals surface area (Å²) < 4.78 is 0. The predicted octanol–water partition coefficient (Wildman–Crippen LogP) is 16.7. The van der Waals surface area contributed by atoms with Gasteiger partial charge in [0.05, 0.1) is 0 Å². The summed E-state index contributed by atoms with van der Waals surface area (Å²) in [5, 5.41) is 13.8. The Bertz CT molecular complexity index is 3030. The van der Waals surface area contributed by atoms with Crippen molar-refractivity contribution in [3.05, 3.63) is 186 Å². The highest BCUT2D eigenvalue weighted by atomic mass is 31.1. The lowest BCUT2D eigenvalue weighted by Gasteiger charge is -2.38. The van der Waals surface area contributed by atoms with E-state index >= 15 is 0 Å². The lowest BCUT2D eigenvalue weighted by atomic mass is 9.73. The first-order valence-electron chi connectivity index (χ1n) is 22.6. The molecule has 0 radical (unpaired) electrons. The molecule has 0 N–H and O–H groups in total. The van der Waals surface area contributed by atoms with Crippen LogP contribution in [0.2, 0.25) is 0 Å². The molecule has 11 rings (SSSR count). The van der Waals surface area contributed by atoms with Crippen molar-refractivity contribution in [1.82, 2.24) is 0 Å². The Morgan fingerprint density at radius 2 is 1.31 bits per heavy atom. The molecule has 0 saturated heterocycles. The van der Waals surface area contributed by atoms with Crippen molar-refractivity contribution in [2.45, 2.75) is 78.3 Å². The van der Waals surface area contributed by atoms with E-state index in [1.54, 1.807) is 0 Å². The predicted molar refractivity (Wildman–Crippen MR) is 274 cm³/mol. The van der Waals surface area contributed by atoms with E-state index in [-0.39, 0.29) is 5.41 Å². The first-order valence-corrected chi connectivity index (χ1v) is 24.1. The molecule has 0 amide bonds. The summed E-state index contributed by atoms with van der Waals surface area (Å²) in [5.41, 5.74) is 12.7. The fourth-order valence-corrected chi connectivity index (χ4v) is 13.7. The van der Waals surface area contributed by atoms with Crippen LogP contribution in [0.4, 0.5) is 0 Å². The lowest BCUT2D eigenvalue weighted by Crippen LogP contribution is -2.31. The minimum Gasteiger partial charge on any atom is -0.0984 e. The summed E-state index contributed by atoms with van der Waals surface area (Å²) in [6.07, 6.45) is 21.0. The van der Waals surface area contributed by atoms with E-state index in [0.29, 0.717) is 5.66 Å². The molecule has 8 aromatic rings. The van der Waals surface area contributed by atoms with Crippen molar-refractivity contribution in [3.8, 4) is 22.3 Å². The second-order valence-corrected chi connectivity index (χ2v) is 18.9. The number of fused-ring (bicyclic) bond motifs is 8. The van der Waals surface area contributed by atoms with Gasteiger partial charge < -0.3 is 0 Å². The molecule has 0 fully saturated rings. The molecule has 302 valence electrons. The van der Waals surface area contributed by atoms with Gasteiger partial charge in [-0.05, 0) is 169 Å². The first kappa shape index (κ1) is 40.6. The van der Waals surface area contributed by atoms with Crippen LogP contribution in [0.5, 0.6) is 0 Å². The van der Waals surface area contributed by atoms with Gasteiger partial charge in [0, 0.05) is 11.1 Å². The van der Waals surface area contributed by atoms with Crippen molar-refractivity contribution in [3.63, 3.8) is 0 Å². The van der Waals surface area contributed by atoms with Crippen LogP contribution in [0.1, 0.15) is 88.6 Å². The van der Waals surface area contributed by atoms with E-state index in [4.69, 9.17) is 0 Å². The topological polar surface area (TPSA) is 0 Å². The molecule has 8 aromatic carbocycles. The molecule has 0 aromatic heterocycles. The van der Waals surface area contributed by atoms with Gasteiger partial charge in [-0.3, -0.25) is 0 Å². The summed E-state index contributed by atoms with van der Waals surface area (Å²) in [7, 11) is -0.800. The molecule has 1 heteroatoms. The molecular weight excluding hydrogens is 752 g/mol. The van der Waals surface area contributed by atoms with Gasteiger partial charge >= 0.3 is 0 Å². The third-order valence-corrected chi connectivity index (χ3v) is 16.2. The molecule has 0 aliphatic heterocycles. The van der Waals surface area contributed by atoms with E-state index in [1.807, 2.05) is 27.7 Å². The maximum atomic E-state index is 4.29. The Hall–Kier alpha value is -5.81. The molecule has 3 aliphatic rings. The van der Waals surface area contributed by atoms with Crippen LogP contribution in [0.25, 0.3) is 83.6 Å². The minimum absolute atomic E-state index is 0.0816. The molecule has 3 aliphatic carbocycles. The lowest BCUT2D eigenvalue weighted by molar-refractivity contribution is 0.503. The van der Waals surface area contributed by atoms with E-state index in [9.17, 15) is 0 Å². The van der Waals surface area contributed by atoms with Crippen LogP contribution < -0.4 is 10.6 Å². The van der Waals surface area contributed by atoms with Gasteiger partial charge in [-0.15, -0.1) is 0 Å². The Balaban J connectivity index is 0.00000116. The van der Waals surface area contributed by atoms with Gasteiger partial charge in [0.25, 0.3) is 0 Å². The van der Waals surface area contributed by atoms with E-state index in [2.05, 4.69) is 190 Å². The summed E-state index contributed by atoms with van der Waals surface area (Å²) >= 11 is 0. The Labute approximate surface area is 364 Å². The van der Waals surface area contributed by atoms with Gasteiger partial charge in [0.15, 0.2) is 0 Å². The zero-order chi connectivity index (χ0) is 42.3. The average Bonchev–Trinajstić information content (AvgIpc) is 3.63. The Kier molecular flexibility index (Phi) is 11.3. The summed E-state index contributed by atoms with van der Waals surface area (Å²) in [4.78, 5) is 0. The van der Waals surface area contributed by atoms with E-state index < -0.39 is 7.92 Å². The smallest absolute Gasteiger partial charge is 0.0110 e. The number of allylic oxidation sites excluding steroid dienone is 4. The fraction of sp³-hybridized carbons (Fsp3) is 0.200. The summed E-state index contributed by atoms with van der Waals surface area (Å²) in [6, 6.07) is 48.7. The molecule has 0 nitrogen and oxygen atoms in total. The quantitative estimate of drug-likeness (QED) is 0.116. The van der Waals surface area contributed by atoms with Gasteiger partial charge in [-0.2, -0.15) is 0 Å². The monoisotopic (exact) mass is 808 g/mol. The van der Waals surface area contributed by atoms with Crippen LogP contribution in [0.15, 0.2) is 158 Å². The fourth-order valence-electron chi connectivity index (χ4n) is 10.6. The van der Waals surface area contributed by atoms with Gasteiger partial charge in [0.1, 0.15) is 0 Å². The van der Waals surface area contributed by atoms with Crippen LogP contribution >= 0.6 is 7.92 Å². The van der Waals surface area contributed by atoms with Gasteiger partial charge in [0.2, 0.25) is 0 Å². The van der Waals surface area contributed by atoms with Crippen molar-refractivity contribution >= 4 is 79.8 Å². The highest BCUT2D eigenvalue weighted by Gasteiger charge is 2.37. The SMILES string of the molecule is C=Cc1c(/C=C\C)cc(P(c2cc3ccccc3c3c2C=CCC3)C2C=C[C@@](C)(c3ccc4c5c(cccc35)-c3cc5ccccc5cc3-4)CC2)c2ccccc12.CC.CC. The molecule has 61 heavy (non-hydrogen) atoms. The van der Waals surface area contributed by atoms with Gasteiger partial charge in [-0.25, -0.2) is 0 Å². The summed E-state index contributed by atoms with van der Waals surface area (Å²) in [5.74, 6) is 0. The molecule has 0 heterocycles. The standard InChI is InChI=1S/C56H45P.2C2H6/c1-4-15-38-34-53(45-22-12-10-20-43(45)41(38)5-2)57(54-35-39-18-8-9-19-42(39)44-21-11-13-23-46(44)54)40-28-30-56(3,31-29-40)52-27-26-48-51-33-37-17-7-6-16-36(37)32-50(51)47-24-14-25-49(52)55(47)48;2*1-2/h4-10,12-20,22-28,30,32-35,40H,2,11,21,29,31H2,1,3H3;2*1-2H3/b15-4-;;/t40?,56-,57?;;/m1../s1. The van der Waals surface area contributed by atoms with Crippen molar-refractivity contribution in [2.75, 3.05) is 0 Å². The second kappa shape index (κ2) is 16.9. The molecule has 0 saturated carbocycles. The van der Waals surface area contributed by atoms with E-state index in [1.165, 1.54) is 104 Å². The zero-order valence-electron chi connectivity index (χ0n) is 36.7. The van der Waals surface area contributed by atoms with Crippen LogP contribution in [0, 0.1) is 0 Å². The maximum absolute atomic E-state index is 4.29. The highest BCUT2D eigenvalue weighted by Crippen LogP contribution is 2.54. The Morgan fingerprint density at radius 1 is 0.656 bits per heavy atom. The van der Waals surface area contributed by atoms with Crippen molar-refractivity contribution < 1.29 is 0 Å². The molecular formula is C60H57P. The first-order chi connectivity index (χ1) is 30.0. The third-order valence-electron chi connectivity index (χ3n) is 13.3. The Morgan fingerprint density at radius 3 is 2.00 bits per heavy atom. The highest BCUT2D eigenvalue weighted by molar-refractivity contribution is 7.74. The van der Waals surface area contributed by atoms with Gasteiger partial charge in [-0.1, -0.05) is 187 Å². The van der Waals surface area contributed by atoms with Crippen molar-refractivity contribution in [2.24, 2.45) is 0 Å². The third kappa shape index (κ3) is 6.72. The molecule has 2 unspecified atom stereocenters. The number of rotatable bonds is 6. The second-order valence-electron chi connectivity index (χ2n) is 16.5. The van der Waals surface area contributed by atoms with Crippen LogP contribution in [-0.2, 0) is 11.8 Å². The number of hydrogen-bond donors (Lipinski definition) is 0. The van der Waals surface area contributed by atoms with Crippen molar-refractivity contribution in [1.29, 1.82) is 0 Å². The number of hydrogen-bond acceptors (Lipinski definition) is 0. The molecule has 0 bridgehead atoms. The van der Waals surface area contributed by atoms with Crippen LogP contribution in [-0.4, -0.2) is 5.66 Å². The normalized spacial score (nSPS) is 17.8. The molecule has 3 atom stereocenters. The summed E-state index contributed by atoms with van der Waals surface area (Å²) in [6.45, 7) is 16.9. The minimum atomic E-state index is -0.800. The largest absolute Gasteiger partial charge is 0.0984 e. The number of benzene rings is 8. The zero-order valence-corrected chi connectivity index (χ0v) is 37.6.